The van der Waals surface area contributed by atoms with E-state index in [4.69, 9.17) is 12.6 Å². The maximum Gasteiger partial charge on any atom is 0.227 e. The molecule has 0 bridgehead atoms. The average molecular weight is 308 g/mol. The highest BCUT2D eigenvalue weighted by molar-refractivity contribution is 6.08. The standard InChI is InChI=1S/C20H18N2O/c1-20(2,3)17-11-10-14-13-7-6-8-15(16-9-4-5-12-21-16)18(13)23-19(14)22-17/h4-12H,1-3H3/i1D3,2D3. The van der Waals surface area contributed by atoms with Crippen molar-refractivity contribution in [3.8, 4) is 11.3 Å². The van der Waals surface area contributed by atoms with Gasteiger partial charge in [-0.15, -0.1) is 0 Å². The maximum atomic E-state index is 7.84. The van der Waals surface area contributed by atoms with Gasteiger partial charge in [0.2, 0.25) is 5.71 Å². The van der Waals surface area contributed by atoms with Crippen molar-refractivity contribution >= 4 is 22.1 Å². The van der Waals surface area contributed by atoms with Crippen LogP contribution in [0, 0.1) is 0 Å². The minimum atomic E-state index is -2.77. The molecule has 0 saturated carbocycles. The molecule has 114 valence electrons. The van der Waals surface area contributed by atoms with Crippen molar-refractivity contribution in [1.29, 1.82) is 0 Å². The lowest BCUT2D eigenvalue weighted by Crippen LogP contribution is -2.12. The summed E-state index contributed by atoms with van der Waals surface area (Å²) in [6.07, 6.45) is 1.69. The first-order valence-electron chi connectivity index (χ1n) is 10.3. The van der Waals surface area contributed by atoms with Crippen molar-refractivity contribution in [2.75, 3.05) is 0 Å². The van der Waals surface area contributed by atoms with Gasteiger partial charge in [-0.3, -0.25) is 4.98 Å². The summed E-state index contributed by atoms with van der Waals surface area (Å²) in [4.78, 5) is 8.71. The summed E-state index contributed by atoms with van der Waals surface area (Å²) >= 11 is 0. The van der Waals surface area contributed by atoms with Crippen LogP contribution in [0.4, 0.5) is 0 Å². The number of aromatic nitrogens is 2. The highest BCUT2D eigenvalue weighted by Crippen LogP contribution is 2.35. The van der Waals surface area contributed by atoms with Gasteiger partial charge in [0, 0.05) is 41.9 Å². The summed E-state index contributed by atoms with van der Waals surface area (Å²) in [7, 11) is 0. The quantitative estimate of drug-likeness (QED) is 0.476. The zero-order valence-electron chi connectivity index (χ0n) is 18.5. The second kappa shape index (κ2) is 4.92. The molecule has 3 heteroatoms. The Morgan fingerprint density at radius 1 is 1.00 bits per heavy atom. The monoisotopic (exact) mass is 308 g/mol. The van der Waals surface area contributed by atoms with Gasteiger partial charge in [0.15, 0.2) is 0 Å². The third-order valence-corrected chi connectivity index (χ3v) is 3.82. The van der Waals surface area contributed by atoms with Crippen LogP contribution in [-0.4, -0.2) is 9.97 Å². The summed E-state index contributed by atoms with van der Waals surface area (Å²) in [5.41, 5.74) is 0.0837. The molecule has 0 unspecified atom stereocenters. The predicted octanol–water partition coefficient (Wildman–Crippen LogP) is 5.34. The Morgan fingerprint density at radius 2 is 1.91 bits per heavy atom. The van der Waals surface area contributed by atoms with Crippen LogP contribution in [0.1, 0.15) is 34.5 Å². The second-order valence-corrected chi connectivity index (χ2v) is 5.67. The Morgan fingerprint density at radius 3 is 2.70 bits per heavy atom. The Hall–Kier alpha value is -2.68. The molecule has 0 amide bonds. The fourth-order valence-electron chi connectivity index (χ4n) is 2.68. The van der Waals surface area contributed by atoms with E-state index in [1.807, 2.05) is 36.4 Å². The van der Waals surface area contributed by atoms with E-state index in [0.29, 0.717) is 11.0 Å². The minimum absolute atomic E-state index is 0.0524. The molecule has 0 saturated heterocycles. The summed E-state index contributed by atoms with van der Waals surface area (Å²) in [6.45, 7) is -4.35. The molecule has 3 nitrogen and oxygen atoms in total. The second-order valence-electron chi connectivity index (χ2n) is 5.67. The molecule has 3 aromatic heterocycles. The first-order chi connectivity index (χ1) is 13.5. The third-order valence-electron chi connectivity index (χ3n) is 3.82. The van der Waals surface area contributed by atoms with Gasteiger partial charge in [-0.25, -0.2) is 4.98 Å². The van der Waals surface area contributed by atoms with E-state index in [1.54, 1.807) is 12.3 Å². The average Bonchev–Trinajstić information content (AvgIpc) is 3.04. The maximum absolute atomic E-state index is 7.84. The van der Waals surface area contributed by atoms with Crippen LogP contribution < -0.4 is 0 Å². The van der Waals surface area contributed by atoms with Crippen molar-refractivity contribution in [3.05, 3.63) is 60.4 Å². The van der Waals surface area contributed by atoms with Gasteiger partial charge in [0.05, 0.1) is 5.69 Å². The Kier molecular flexibility index (Phi) is 1.89. The highest BCUT2D eigenvalue weighted by atomic mass is 16.3. The molecule has 0 aliphatic carbocycles. The zero-order chi connectivity index (χ0) is 21.0. The van der Waals surface area contributed by atoms with E-state index in [9.17, 15) is 0 Å². The number of hydrogen-bond donors (Lipinski definition) is 0. The van der Waals surface area contributed by atoms with E-state index in [1.165, 1.54) is 13.0 Å². The molecular weight excluding hydrogens is 284 g/mol. The molecule has 0 aliphatic rings. The summed E-state index contributed by atoms with van der Waals surface area (Å²) in [6, 6.07) is 14.3. The lowest BCUT2D eigenvalue weighted by molar-refractivity contribution is 0.562. The van der Waals surface area contributed by atoms with Gasteiger partial charge >= 0.3 is 0 Å². The number of furan rings is 1. The number of nitrogens with zero attached hydrogens (tertiary/aromatic N) is 2. The Labute approximate surface area is 143 Å². The van der Waals surface area contributed by atoms with Gasteiger partial charge in [0.1, 0.15) is 5.58 Å². The van der Waals surface area contributed by atoms with Crippen LogP contribution in [0.3, 0.4) is 0 Å². The molecule has 4 aromatic rings. The molecule has 0 aliphatic heterocycles. The van der Waals surface area contributed by atoms with Crippen molar-refractivity contribution in [1.82, 2.24) is 9.97 Å². The molecular formula is C20H18N2O. The smallest absolute Gasteiger partial charge is 0.227 e. The van der Waals surface area contributed by atoms with Crippen LogP contribution in [-0.2, 0) is 5.41 Å². The molecule has 0 N–H and O–H groups in total. The van der Waals surface area contributed by atoms with Crippen molar-refractivity contribution in [2.24, 2.45) is 0 Å². The number of rotatable bonds is 1. The summed E-state index contributed by atoms with van der Waals surface area (Å²) in [5.74, 6) is 0. The van der Waals surface area contributed by atoms with E-state index in [-0.39, 0.29) is 11.4 Å². The highest BCUT2D eigenvalue weighted by Gasteiger charge is 2.19. The lowest BCUT2D eigenvalue weighted by Gasteiger charge is -2.16. The summed E-state index contributed by atoms with van der Waals surface area (Å²) in [5, 5.41) is 1.48. The van der Waals surface area contributed by atoms with Crippen LogP contribution in [0.2, 0.25) is 0 Å². The fourth-order valence-corrected chi connectivity index (χ4v) is 2.68. The zero-order valence-corrected chi connectivity index (χ0v) is 12.5. The fraction of sp³-hybridized carbons (Fsp3) is 0.200. The van der Waals surface area contributed by atoms with E-state index >= 15 is 0 Å². The number of para-hydroxylation sites is 1. The van der Waals surface area contributed by atoms with Crippen LogP contribution in [0.15, 0.2) is 59.1 Å². The lowest BCUT2D eigenvalue weighted by atomic mass is 9.91. The van der Waals surface area contributed by atoms with E-state index in [0.717, 1.165) is 16.6 Å². The van der Waals surface area contributed by atoms with E-state index < -0.39 is 19.1 Å². The molecule has 0 radical (unpaired) electrons. The normalized spacial score (nSPS) is 17.1. The number of hydrogen-bond acceptors (Lipinski definition) is 3. The Bertz CT molecular complexity index is 1180. The third kappa shape index (κ3) is 2.29. The molecule has 23 heavy (non-hydrogen) atoms. The first-order valence-corrected chi connectivity index (χ1v) is 7.28. The number of fused-ring (bicyclic) bond motifs is 3. The van der Waals surface area contributed by atoms with Crippen LogP contribution in [0.25, 0.3) is 33.3 Å². The molecule has 0 atom stereocenters. The minimum Gasteiger partial charge on any atom is -0.437 e. The molecule has 1 aromatic carbocycles. The van der Waals surface area contributed by atoms with Gasteiger partial charge < -0.3 is 4.42 Å². The topological polar surface area (TPSA) is 38.9 Å². The molecule has 4 rings (SSSR count). The van der Waals surface area contributed by atoms with Crippen LogP contribution in [0.5, 0.6) is 0 Å². The van der Waals surface area contributed by atoms with Gasteiger partial charge in [-0.05, 0) is 30.3 Å². The molecule has 0 spiro atoms. The van der Waals surface area contributed by atoms with E-state index in [2.05, 4.69) is 9.97 Å². The largest absolute Gasteiger partial charge is 0.437 e. The predicted molar refractivity (Wildman–Crippen MR) is 93.4 cm³/mol. The number of benzene rings is 1. The molecule has 3 heterocycles. The van der Waals surface area contributed by atoms with Crippen molar-refractivity contribution in [3.63, 3.8) is 0 Å². The Balaban J connectivity index is 1.97. The van der Waals surface area contributed by atoms with Gasteiger partial charge in [0.25, 0.3) is 0 Å². The number of pyridine rings is 2. The van der Waals surface area contributed by atoms with Gasteiger partial charge in [-0.2, -0.15) is 0 Å². The SMILES string of the molecule is [2H]C([2H])([2H])C(C)(c1ccc2c(n1)oc1c(-c3ccccn3)cccc12)C([2H])([2H])[2H]. The van der Waals surface area contributed by atoms with Crippen LogP contribution >= 0.6 is 0 Å². The van der Waals surface area contributed by atoms with Crippen molar-refractivity contribution < 1.29 is 12.6 Å². The summed E-state index contributed by atoms with van der Waals surface area (Å²) < 4.78 is 53.0. The van der Waals surface area contributed by atoms with Crippen molar-refractivity contribution in [2.45, 2.75) is 26.0 Å². The first kappa shape index (κ1) is 8.82. The van der Waals surface area contributed by atoms with Gasteiger partial charge in [-0.1, -0.05) is 38.8 Å². The molecule has 0 fully saturated rings.